The van der Waals surface area contributed by atoms with E-state index in [-0.39, 0.29) is 24.5 Å². The zero-order chi connectivity index (χ0) is 15.0. The Bertz CT molecular complexity index is 432. The Morgan fingerprint density at radius 1 is 1.15 bits per heavy atom. The number of carbonyl (C=O) groups is 2. The number of rotatable bonds is 7. The van der Waals surface area contributed by atoms with Crippen LogP contribution in [0, 0.1) is 5.92 Å². The van der Waals surface area contributed by atoms with Gasteiger partial charge in [-0.2, -0.15) is 0 Å². The zero-order valence-electron chi connectivity index (χ0n) is 12.2. The lowest BCUT2D eigenvalue weighted by atomic mass is 10.1. The first-order valence-corrected chi connectivity index (χ1v) is 6.67. The van der Waals surface area contributed by atoms with Crippen LogP contribution in [0.15, 0.2) is 30.3 Å². The van der Waals surface area contributed by atoms with Crippen LogP contribution < -0.4 is 10.6 Å². The first-order chi connectivity index (χ1) is 9.54. The molecule has 1 aromatic rings. The lowest BCUT2D eigenvalue weighted by molar-refractivity contribution is -0.120. The summed E-state index contributed by atoms with van der Waals surface area (Å²) < 4.78 is 5.25. The van der Waals surface area contributed by atoms with Crippen LogP contribution in [0.3, 0.4) is 0 Å². The zero-order valence-corrected chi connectivity index (χ0v) is 12.2. The fourth-order valence-electron chi connectivity index (χ4n) is 1.72. The average molecular weight is 278 g/mol. The minimum atomic E-state index is -0.257. The van der Waals surface area contributed by atoms with Crippen molar-refractivity contribution in [2.75, 3.05) is 20.2 Å². The predicted molar refractivity (Wildman–Crippen MR) is 77.4 cm³/mol. The highest BCUT2D eigenvalue weighted by Gasteiger charge is 2.13. The van der Waals surface area contributed by atoms with Crippen LogP contribution in [-0.4, -0.2) is 38.1 Å². The van der Waals surface area contributed by atoms with E-state index in [0.717, 1.165) is 0 Å². The van der Waals surface area contributed by atoms with Gasteiger partial charge < -0.3 is 15.4 Å². The van der Waals surface area contributed by atoms with Crippen LogP contribution in [-0.2, 0) is 9.53 Å². The van der Waals surface area contributed by atoms with E-state index in [4.69, 9.17) is 4.74 Å². The number of amides is 2. The van der Waals surface area contributed by atoms with E-state index in [0.29, 0.717) is 18.0 Å². The van der Waals surface area contributed by atoms with E-state index in [9.17, 15) is 9.59 Å². The number of carbonyl (C=O) groups excluding carboxylic acids is 2. The highest BCUT2D eigenvalue weighted by Crippen LogP contribution is 2.03. The van der Waals surface area contributed by atoms with E-state index in [1.807, 2.05) is 19.9 Å². The topological polar surface area (TPSA) is 67.4 Å². The summed E-state index contributed by atoms with van der Waals surface area (Å²) in [7, 11) is 1.62. The minimum absolute atomic E-state index is 0.0243. The van der Waals surface area contributed by atoms with Gasteiger partial charge in [-0.05, 0) is 18.1 Å². The second-order valence-corrected chi connectivity index (χ2v) is 4.87. The van der Waals surface area contributed by atoms with E-state index in [1.54, 1.807) is 31.4 Å². The van der Waals surface area contributed by atoms with Crippen molar-refractivity contribution in [2.24, 2.45) is 5.92 Å². The maximum absolute atomic E-state index is 11.7. The smallest absolute Gasteiger partial charge is 0.251 e. The molecule has 0 aliphatic rings. The van der Waals surface area contributed by atoms with Gasteiger partial charge in [-0.1, -0.05) is 32.0 Å². The van der Waals surface area contributed by atoms with E-state index >= 15 is 0 Å². The Labute approximate surface area is 119 Å². The molecule has 20 heavy (non-hydrogen) atoms. The fraction of sp³-hybridized carbons (Fsp3) is 0.467. The molecule has 0 radical (unpaired) electrons. The van der Waals surface area contributed by atoms with Gasteiger partial charge in [-0.3, -0.25) is 9.59 Å². The number of methoxy groups -OCH3 is 1. The highest BCUT2D eigenvalue weighted by molar-refractivity contribution is 5.96. The summed E-state index contributed by atoms with van der Waals surface area (Å²) in [5.41, 5.74) is 0.539. The van der Waals surface area contributed by atoms with E-state index in [2.05, 4.69) is 10.6 Å². The van der Waals surface area contributed by atoms with Gasteiger partial charge in [0.1, 0.15) is 0 Å². The molecule has 0 saturated heterocycles. The summed E-state index contributed by atoms with van der Waals surface area (Å²) in [6.07, 6.45) is -0.0243. The molecule has 0 aromatic heterocycles. The average Bonchev–Trinajstić information content (AvgIpc) is 2.46. The van der Waals surface area contributed by atoms with Gasteiger partial charge >= 0.3 is 0 Å². The van der Waals surface area contributed by atoms with Gasteiger partial charge in [0, 0.05) is 19.2 Å². The molecule has 1 atom stereocenters. The normalized spacial score (nSPS) is 12.0. The van der Waals surface area contributed by atoms with E-state index < -0.39 is 0 Å². The van der Waals surface area contributed by atoms with Crippen molar-refractivity contribution in [2.45, 2.75) is 20.0 Å². The van der Waals surface area contributed by atoms with Gasteiger partial charge in [0.15, 0.2) is 0 Å². The summed E-state index contributed by atoms with van der Waals surface area (Å²) >= 11 is 0. The first kappa shape index (κ1) is 16.2. The molecule has 2 N–H and O–H groups in total. The molecule has 0 heterocycles. The van der Waals surface area contributed by atoms with Gasteiger partial charge in [-0.15, -0.1) is 0 Å². The molecule has 1 rings (SSSR count). The molecule has 0 bridgehead atoms. The maximum Gasteiger partial charge on any atom is 0.251 e. The Balaban J connectivity index is 2.31. The van der Waals surface area contributed by atoms with Gasteiger partial charge in [0.25, 0.3) is 5.91 Å². The number of hydrogen-bond donors (Lipinski definition) is 2. The Hall–Kier alpha value is -1.88. The Morgan fingerprint density at radius 2 is 1.80 bits per heavy atom. The Kier molecular flexibility index (Phi) is 6.73. The van der Waals surface area contributed by atoms with Crippen molar-refractivity contribution in [3.8, 4) is 0 Å². The lowest BCUT2D eigenvalue weighted by Gasteiger charge is -2.19. The van der Waals surface area contributed by atoms with Crippen LogP contribution in [0.1, 0.15) is 24.2 Å². The van der Waals surface area contributed by atoms with Crippen molar-refractivity contribution >= 4 is 11.8 Å². The molecule has 1 aromatic carbocycles. The van der Waals surface area contributed by atoms with Gasteiger partial charge in [0.2, 0.25) is 5.91 Å². The predicted octanol–water partition coefficient (Wildman–Crippen LogP) is 1.20. The SMILES string of the molecule is CO[C@H](CNC(=O)CNC(=O)c1ccccc1)C(C)C. The summed E-state index contributed by atoms with van der Waals surface area (Å²) in [6.45, 7) is 4.45. The molecule has 0 fully saturated rings. The van der Waals surface area contributed by atoms with Crippen LogP contribution in [0.4, 0.5) is 0 Å². The largest absolute Gasteiger partial charge is 0.379 e. The minimum Gasteiger partial charge on any atom is -0.379 e. The summed E-state index contributed by atoms with van der Waals surface area (Å²) in [5.74, 6) is -0.163. The molecule has 0 saturated carbocycles. The molecule has 110 valence electrons. The molecular weight excluding hydrogens is 256 g/mol. The quantitative estimate of drug-likeness (QED) is 0.787. The third-order valence-electron chi connectivity index (χ3n) is 2.99. The Morgan fingerprint density at radius 3 is 2.35 bits per heavy atom. The molecule has 0 aliphatic carbocycles. The summed E-state index contributed by atoms with van der Waals surface area (Å²) in [4.78, 5) is 23.4. The highest BCUT2D eigenvalue weighted by atomic mass is 16.5. The molecular formula is C15H22N2O3. The van der Waals surface area contributed by atoms with Crippen LogP contribution in [0.25, 0.3) is 0 Å². The summed E-state index contributed by atoms with van der Waals surface area (Å²) in [6, 6.07) is 8.79. The number of benzene rings is 1. The van der Waals surface area contributed by atoms with E-state index in [1.165, 1.54) is 0 Å². The molecule has 0 unspecified atom stereocenters. The van der Waals surface area contributed by atoms with Crippen molar-refractivity contribution in [1.29, 1.82) is 0 Å². The maximum atomic E-state index is 11.7. The second kappa shape index (κ2) is 8.32. The number of ether oxygens (including phenoxy) is 1. The third kappa shape index (κ3) is 5.40. The molecule has 5 nitrogen and oxygen atoms in total. The second-order valence-electron chi connectivity index (χ2n) is 4.87. The van der Waals surface area contributed by atoms with Crippen LogP contribution >= 0.6 is 0 Å². The van der Waals surface area contributed by atoms with Crippen LogP contribution in [0.2, 0.25) is 0 Å². The molecule has 0 spiro atoms. The standard InChI is InChI=1S/C15H22N2O3/c1-11(2)13(20-3)9-16-14(18)10-17-15(19)12-7-5-4-6-8-12/h4-8,11,13H,9-10H2,1-3H3,(H,16,18)(H,17,19)/t13-/m1/s1. The monoisotopic (exact) mass is 278 g/mol. The van der Waals surface area contributed by atoms with Crippen molar-refractivity contribution in [1.82, 2.24) is 10.6 Å². The first-order valence-electron chi connectivity index (χ1n) is 6.67. The molecule has 0 aliphatic heterocycles. The van der Waals surface area contributed by atoms with Crippen molar-refractivity contribution < 1.29 is 14.3 Å². The number of nitrogens with one attached hydrogen (secondary N) is 2. The lowest BCUT2D eigenvalue weighted by Crippen LogP contribution is -2.41. The van der Waals surface area contributed by atoms with Crippen LogP contribution in [0.5, 0.6) is 0 Å². The summed E-state index contributed by atoms with van der Waals surface area (Å²) in [5, 5.41) is 5.32. The fourth-order valence-corrected chi connectivity index (χ4v) is 1.72. The third-order valence-corrected chi connectivity index (χ3v) is 2.99. The van der Waals surface area contributed by atoms with Crippen molar-refractivity contribution in [3.63, 3.8) is 0 Å². The van der Waals surface area contributed by atoms with Crippen molar-refractivity contribution in [3.05, 3.63) is 35.9 Å². The van der Waals surface area contributed by atoms with Gasteiger partial charge in [0.05, 0.1) is 12.6 Å². The van der Waals surface area contributed by atoms with Gasteiger partial charge in [-0.25, -0.2) is 0 Å². The number of hydrogen-bond acceptors (Lipinski definition) is 3. The molecule has 5 heteroatoms. The molecule has 2 amide bonds.